The summed E-state index contributed by atoms with van der Waals surface area (Å²) in [6, 6.07) is 6.40. The van der Waals surface area contributed by atoms with Crippen LogP contribution in [0.1, 0.15) is 37.3 Å². The van der Waals surface area contributed by atoms with Crippen LogP contribution < -0.4 is 0 Å². The first-order chi connectivity index (χ1) is 7.06. The van der Waals surface area contributed by atoms with Crippen LogP contribution in [0, 0.1) is 5.41 Å². The zero-order valence-electron chi connectivity index (χ0n) is 9.26. The number of aliphatic hydroxyl groups excluding tert-OH is 1. The lowest BCUT2D eigenvalue weighted by atomic mass is 9.76. The van der Waals surface area contributed by atoms with Gasteiger partial charge in [0.2, 0.25) is 0 Å². The van der Waals surface area contributed by atoms with Crippen LogP contribution in [0.2, 0.25) is 0 Å². The van der Waals surface area contributed by atoms with E-state index in [1.165, 1.54) is 15.6 Å². The van der Waals surface area contributed by atoms with Gasteiger partial charge in [-0.1, -0.05) is 41.9 Å². The summed E-state index contributed by atoms with van der Waals surface area (Å²) in [5.41, 5.74) is 2.84. The molecule has 1 N–H and O–H groups in total. The van der Waals surface area contributed by atoms with Gasteiger partial charge in [-0.25, -0.2) is 0 Å². The fraction of sp³-hybridized carbons (Fsp3) is 0.538. The predicted molar refractivity (Wildman–Crippen MR) is 66.1 cm³/mol. The van der Waals surface area contributed by atoms with Gasteiger partial charge in [-0.2, -0.15) is 0 Å². The van der Waals surface area contributed by atoms with Crippen molar-refractivity contribution in [2.75, 3.05) is 6.61 Å². The number of rotatable bonds is 2. The fourth-order valence-electron chi connectivity index (χ4n) is 2.53. The third-order valence-electron chi connectivity index (χ3n) is 3.54. The van der Waals surface area contributed by atoms with Crippen molar-refractivity contribution < 1.29 is 5.11 Å². The molecule has 0 spiro atoms. The Balaban J connectivity index is 2.44. The molecule has 0 saturated carbocycles. The second kappa shape index (κ2) is 3.91. The number of aliphatic hydroxyl groups is 1. The highest BCUT2D eigenvalue weighted by atomic mass is 79.9. The molecular weight excluding hydrogens is 252 g/mol. The number of fused-ring (bicyclic) bond motifs is 1. The molecule has 1 aromatic carbocycles. The Morgan fingerprint density at radius 3 is 2.87 bits per heavy atom. The molecule has 1 aromatic rings. The summed E-state index contributed by atoms with van der Waals surface area (Å²) < 4.78 is 1.20. The molecule has 2 heteroatoms. The van der Waals surface area contributed by atoms with Crippen LogP contribution in [0.3, 0.4) is 0 Å². The second-order valence-electron chi connectivity index (χ2n) is 5.05. The molecule has 0 aromatic heterocycles. The lowest BCUT2D eigenvalue weighted by molar-refractivity contribution is 0.130. The average Bonchev–Trinajstić information content (AvgIpc) is 2.63. The van der Waals surface area contributed by atoms with Gasteiger partial charge in [-0.05, 0) is 41.4 Å². The smallest absolute Gasteiger partial charge is 0.0488 e. The minimum absolute atomic E-state index is 0.0187. The first-order valence-electron chi connectivity index (χ1n) is 5.44. The third kappa shape index (κ3) is 1.85. The SMILES string of the molecule is CC(C)(CO)C1CCc2cccc(Br)c21. The van der Waals surface area contributed by atoms with E-state index in [1.807, 2.05) is 0 Å². The molecule has 1 aliphatic rings. The fourth-order valence-corrected chi connectivity index (χ4v) is 3.21. The highest BCUT2D eigenvalue weighted by Crippen LogP contribution is 2.47. The van der Waals surface area contributed by atoms with Crippen molar-refractivity contribution >= 4 is 15.9 Å². The molecule has 0 aliphatic heterocycles. The van der Waals surface area contributed by atoms with Gasteiger partial charge in [0, 0.05) is 11.1 Å². The average molecular weight is 269 g/mol. The van der Waals surface area contributed by atoms with Crippen molar-refractivity contribution in [3.8, 4) is 0 Å². The maximum atomic E-state index is 9.46. The van der Waals surface area contributed by atoms with E-state index in [2.05, 4.69) is 48.0 Å². The molecule has 2 rings (SSSR count). The number of aryl methyl sites for hydroxylation is 1. The van der Waals surface area contributed by atoms with Crippen LogP contribution in [0.25, 0.3) is 0 Å². The first kappa shape index (κ1) is 11.2. The van der Waals surface area contributed by atoms with E-state index in [4.69, 9.17) is 0 Å². The zero-order valence-corrected chi connectivity index (χ0v) is 10.8. The lowest BCUT2D eigenvalue weighted by Gasteiger charge is -2.30. The minimum atomic E-state index is -0.0187. The maximum absolute atomic E-state index is 9.46. The Kier molecular flexibility index (Phi) is 2.91. The number of halogens is 1. The number of hydrogen-bond donors (Lipinski definition) is 1. The molecule has 82 valence electrons. The summed E-state index contributed by atoms with van der Waals surface area (Å²) in [7, 11) is 0. The Morgan fingerprint density at radius 2 is 2.20 bits per heavy atom. The molecular formula is C13H17BrO. The Hall–Kier alpha value is -0.340. The van der Waals surface area contributed by atoms with Crippen LogP contribution in [0.5, 0.6) is 0 Å². The molecule has 1 atom stereocenters. The molecule has 1 unspecified atom stereocenters. The topological polar surface area (TPSA) is 20.2 Å². The second-order valence-corrected chi connectivity index (χ2v) is 5.90. The standard InChI is InChI=1S/C13H17BrO/c1-13(2,8-15)10-7-6-9-4-3-5-11(14)12(9)10/h3-5,10,15H,6-8H2,1-2H3. The molecule has 0 bridgehead atoms. The van der Waals surface area contributed by atoms with E-state index in [1.54, 1.807) is 0 Å². The van der Waals surface area contributed by atoms with Crippen LogP contribution in [0.4, 0.5) is 0 Å². The van der Waals surface area contributed by atoms with Crippen molar-refractivity contribution in [3.05, 3.63) is 33.8 Å². The van der Waals surface area contributed by atoms with E-state index in [0.29, 0.717) is 5.92 Å². The van der Waals surface area contributed by atoms with Crippen LogP contribution in [-0.4, -0.2) is 11.7 Å². The molecule has 0 heterocycles. The van der Waals surface area contributed by atoms with E-state index in [9.17, 15) is 5.11 Å². The Bertz CT molecular complexity index is 371. The largest absolute Gasteiger partial charge is 0.396 e. The molecule has 0 saturated heterocycles. The van der Waals surface area contributed by atoms with Gasteiger partial charge in [0.1, 0.15) is 0 Å². The van der Waals surface area contributed by atoms with Crippen LogP contribution in [0.15, 0.2) is 22.7 Å². The van der Waals surface area contributed by atoms with Gasteiger partial charge in [-0.3, -0.25) is 0 Å². The summed E-state index contributed by atoms with van der Waals surface area (Å²) in [4.78, 5) is 0. The quantitative estimate of drug-likeness (QED) is 0.871. The third-order valence-corrected chi connectivity index (χ3v) is 4.24. The van der Waals surface area contributed by atoms with Crippen LogP contribution >= 0.6 is 15.9 Å². The summed E-state index contributed by atoms with van der Waals surface area (Å²) in [5, 5.41) is 9.46. The van der Waals surface area contributed by atoms with Crippen molar-refractivity contribution in [3.63, 3.8) is 0 Å². The first-order valence-corrected chi connectivity index (χ1v) is 6.23. The molecule has 0 fully saturated rings. The lowest BCUT2D eigenvalue weighted by Crippen LogP contribution is -2.24. The normalized spacial score (nSPS) is 20.4. The highest BCUT2D eigenvalue weighted by molar-refractivity contribution is 9.10. The Labute approximate surface area is 99.6 Å². The maximum Gasteiger partial charge on any atom is 0.0488 e. The number of benzene rings is 1. The molecule has 15 heavy (non-hydrogen) atoms. The number of hydrogen-bond acceptors (Lipinski definition) is 1. The van der Waals surface area contributed by atoms with E-state index < -0.39 is 0 Å². The predicted octanol–water partition coefficient (Wildman–Crippen LogP) is 3.50. The van der Waals surface area contributed by atoms with Gasteiger partial charge >= 0.3 is 0 Å². The zero-order chi connectivity index (χ0) is 11.1. The van der Waals surface area contributed by atoms with Crippen molar-refractivity contribution in [1.29, 1.82) is 0 Å². The summed E-state index contributed by atoms with van der Waals surface area (Å²) >= 11 is 3.63. The van der Waals surface area contributed by atoms with Gasteiger partial charge in [0.25, 0.3) is 0 Å². The summed E-state index contributed by atoms with van der Waals surface area (Å²) in [5.74, 6) is 0.480. The van der Waals surface area contributed by atoms with Crippen molar-refractivity contribution in [2.45, 2.75) is 32.6 Å². The van der Waals surface area contributed by atoms with Gasteiger partial charge < -0.3 is 5.11 Å². The van der Waals surface area contributed by atoms with E-state index >= 15 is 0 Å². The van der Waals surface area contributed by atoms with E-state index in [0.717, 1.165) is 12.8 Å². The van der Waals surface area contributed by atoms with E-state index in [-0.39, 0.29) is 12.0 Å². The summed E-state index contributed by atoms with van der Waals surface area (Å²) in [6.45, 7) is 4.54. The van der Waals surface area contributed by atoms with Gasteiger partial charge in [-0.15, -0.1) is 0 Å². The molecule has 0 radical (unpaired) electrons. The Morgan fingerprint density at radius 1 is 1.47 bits per heavy atom. The van der Waals surface area contributed by atoms with Gasteiger partial charge in [0.05, 0.1) is 0 Å². The molecule has 0 amide bonds. The molecule has 1 nitrogen and oxygen atoms in total. The van der Waals surface area contributed by atoms with Crippen molar-refractivity contribution in [1.82, 2.24) is 0 Å². The van der Waals surface area contributed by atoms with Crippen LogP contribution in [-0.2, 0) is 6.42 Å². The van der Waals surface area contributed by atoms with Gasteiger partial charge in [0.15, 0.2) is 0 Å². The van der Waals surface area contributed by atoms with Crippen molar-refractivity contribution in [2.24, 2.45) is 5.41 Å². The highest BCUT2D eigenvalue weighted by Gasteiger charge is 2.36. The molecule has 1 aliphatic carbocycles. The monoisotopic (exact) mass is 268 g/mol. The summed E-state index contributed by atoms with van der Waals surface area (Å²) in [6.07, 6.45) is 2.30. The minimum Gasteiger partial charge on any atom is -0.396 e.